The average molecular weight is 293 g/mol. The van der Waals surface area contributed by atoms with Crippen LogP contribution in [0.25, 0.3) is 0 Å². The van der Waals surface area contributed by atoms with Crippen LogP contribution >= 0.6 is 11.6 Å². The minimum absolute atomic E-state index is 0.0627. The molecule has 0 fully saturated rings. The molecule has 2 nitrogen and oxygen atoms in total. The number of rotatable bonds is 4. The minimum atomic E-state index is -0.465. The van der Waals surface area contributed by atoms with Gasteiger partial charge in [0.2, 0.25) is 0 Å². The first-order chi connectivity index (χ1) is 9.60. The molecule has 0 aliphatic rings. The largest absolute Gasteiger partial charge is 0.309 e. The van der Waals surface area contributed by atoms with Gasteiger partial charge < -0.3 is 5.32 Å². The van der Waals surface area contributed by atoms with Gasteiger partial charge in [-0.05, 0) is 41.5 Å². The Hall–Kier alpha value is -1.96. The zero-order valence-electron chi connectivity index (χ0n) is 10.5. The van der Waals surface area contributed by atoms with Gasteiger partial charge in [-0.2, -0.15) is 5.26 Å². The molecule has 0 saturated heterocycles. The quantitative estimate of drug-likeness (QED) is 0.931. The van der Waals surface area contributed by atoms with Crippen LogP contribution in [-0.2, 0) is 13.1 Å². The van der Waals surface area contributed by atoms with Crippen LogP contribution in [0.15, 0.2) is 36.4 Å². The standard InChI is InChI=1S/C15H11ClF2N2/c16-14-5-10(1-4-15(14)18)8-20-9-12-6-13(17)3-2-11(12)7-19/h1-6,20H,8-9H2. The van der Waals surface area contributed by atoms with Crippen molar-refractivity contribution >= 4 is 11.6 Å². The fourth-order valence-electron chi connectivity index (χ4n) is 1.81. The van der Waals surface area contributed by atoms with Crippen LogP contribution in [0.5, 0.6) is 0 Å². The molecule has 0 heterocycles. The summed E-state index contributed by atoms with van der Waals surface area (Å²) in [5.74, 6) is -0.849. The maximum Gasteiger partial charge on any atom is 0.141 e. The Kier molecular flexibility index (Phi) is 4.67. The SMILES string of the molecule is N#Cc1ccc(F)cc1CNCc1ccc(F)c(Cl)c1. The predicted octanol–water partition coefficient (Wildman–Crippen LogP) is 3.78. The van der Waals surface area contributed by atoms with E-state index in [0.29, 0.717) is 24.2 Å². The lowest BCUT2D eigenvalue weighted by Crippen LogP contribution is -2.14. The van der Waals surface area contributed by atoms with Crippen molar-refractivity contribution in [1.82, 2.24) is 5.32 Å². The highest BCUT2D eigenvalue weighted by Gasteiger charge is 2.04. The van der Waals surface area contributed by atoms with E-state index in [1.807, 2.05) is 6.07 Å². The Morgan fingerprint density at radius 3 is 2.60 bits per heavy atom. The molecule has 2 aromatic carbocycles. The van der Waals surface area contributed by atoms with Gasteiger partial charge in [-0.15, -0.1) is 0 Å². The summed E-state index contributed by atoms with van der Waals surface area (Å²) in [7, 11) is 0. The normalized spacial score (nSPS) is 10.3. The minimum Gasteiger partial charge on any atom is -0.309 e. The number of nitrogens with one attached hydrogen (secondary N) is 1. The molecular formula is C15H11ClF2N2. The van der Waals surface area contributed by atoms with E-state index in [2.05, 4.69) is 5.32 Å². The van der Waals surface area contributed by atoms with Gasteiger partial charge in [-0.25, -0.2) is 8.78 Å². The van der Waals surface area contributed by atoms with Crippen LogP contribution < -0.4 is 5.32 Å². The third-order valence-corrected chi connectivity index (χ3v) is 3.11. The first kappa shape index (κ1) is 14.4. The molecule has 0 aromatic heterocycles. The number of halogens is 3. The summed E-state index contributed by atoms with van der Waals surface area (Å²) >= 11 is 5.68. The van der Waals surface area contributed by atoms with Crippen LogP contribution in [0.1, 0.15) is 16.7 Å². The third-order valence-electron chi connectivity index (χ3n) is 2.82. The van der Waals surface area contributed by atoms with E-state index < -0.39 is 5.82 Å². The van der Waals surface area contributed by atoms with Gasteiger partial charge in [0.15, 0.2) is 0 Å². The second kappa shape index (κ2) is 6.47. The smallest absolute Gasteiger partial charge is 0.141 e. The summed E-state index contributed by atoms with van der Waals surface area (Å²) in [5, 5.41) is 12.1. The predicted molar refractivity (Wildman–Crippen MR) is 73.1 cm³/mol. The molecule has 0 radical (unpaired) electrons. The lowest BCUT2D eigenvalue weighted by Gasteiger charge is -2.07. The third kappa shape index (κ3) is 3.53. The second-order valence-corrected chi connectivity index (χ2v) is 4.67. The Morgan fingerprint density at radius 2 is 1.90 bits per heavy atom. The molecule has 0 aliphatic carbocycles. The fraction of sp³-hybridized carbons (Fsp3) is 0.133. The van der Waals surface area contributed by atoms with Crippen molar-refractivity contribution in [2.45, 2.75) is 13.1 Å². The molecule has 0 bridgehead atoms. The molecule has 0 unspecified atom stereocenters. The number of hydrogen-bond donors (Lipinski definition) is 1. The molecule has 0 atom stereocenters. The van der Waals surface area contributed by atoms with Gasteiger partial charge in [0.1, 0.15) is 11.6 Å². The van der Waals surface area contributed by atoms with Crippen molar-refractivity contribution in [2.24, 2.45) is 0 Å². The molecule has 5 heteroatoms. The van der Waals surface area contributed by atoms with Crippen LogP contribution in [0.3, 0.4) is 0 Å². The summed E-state index contributed by atoms with van der Waals surface area (Å²) in [6.45, 7) is 0.789. The van der Waals surface area contributed by atoms with E-state index in [9.17, 15) is 8.78 Å². The highest BCUT2D eigenvalue weighted by molar-refractivity contribution is 6.30. The van der Waals surface area contributed by atoms with Crippen molar-refractivity contribution in [3.8, 4) is 6.07 Å². The molecule has 0 saturated carbocycles. The van der Waals surface area contributed by atoms with E-state index in [4.69, 9.17) is 16.9 Å². The van der Waals surface area contributed by atoms with Crippen molar-refractivity contribution in [3.63, 3.8) is 0 Å². The van der Waals surface area contributed by atoms with E-state index in [1.54, 1.807) is 6.07 Å². The first-order valence-electron chi connectivity index (χ1n) is 5.93. The summed E-state index contributed by atoms with van der Waals surface area (Å²) in [5.41, 5.74) is 1.82. The van der Waals surface area contributed by atoms with Crippen LogP contribution in [0, 0.1) is 23.0 Å². The van der Waals surface area contributed by atoms with Crippen molar-refractivity contribution in [3.05, 3.63) is 69.7 Å². The van der Waals surface area contributed by atoms with Crippen LogP contribution in [0.2, 0.25) is 5.02 Å². The number of nitriles is 1. The molecule has 0 aliphatic heterocycles. The Balaban J connectivity index is 2.01. The van der Waals surface area contributed by atoms with E-state index in [-0.39, 0.29) is 10.8 Å². The second-order valence-electron chi connectivity index (χ2n) is 4.27. The highest BCUT2D eigenvalue weighted by Crippen LogP contribution is 2.16. The van der Waals surface area contributed by atoms with Gasteiger partial charge in [0.05, 0.1) is 16.7 Å². The zero-order valence-corrected chi connectivity index (χ0v) is 11.2. The van der Waals surface area contributed by atoms with Crippen molar-refractivity contribution < 1.29 is 8.78 Å². The van der Waals surface area contributed by atoms with Gasteiger partial charge in [-0.1, -0.05) is 17.7 Å². The number of benzene rings is 2. The van der Waals surface area contributed by atoms with Gasteiger partial charge in [0, 0.05) is 13.1 Å². The summed E-state index contributed by atoms with van der Waals surface area (Å²) in [6, 6.07) is 10.5. The molecule has 0 spiro atoms. The first-order valence-corrected chi connectivity index (χ1v) is 6.31. The molecule has 2 rings (SSSR count). The maximum absolute atomic E-state index is 13.1. The van der Waals surface area contributed by atoms with Gasteiger partial charge in [0.25, 0.3) is 0 Å². The van der Waals surface area contributed by atoms with Crippen LogP contribution in [-0.4, -0.2) is 0 Å². The van der Waals surface area contributed by atoms with E-state index in [1.165, 1.54) is 30.3 Å². The average Bonchev–Trinajstić information content (AvgIpc) is 2.43. The maximum atomic E-state index is 13.1. The molecule has 0 amide bonds. The summed E-state index contributed by atoms with van der Waals surface area (Å²) in [4.78, 5) is 0. The van der Waals surface area contributed by atoms with Crippen LogP contribution in [0.4, 0.5) is 8.78 Å². The molecule has 102 valence electrons. The summed E-state index contributed by atoms with van der Waals surface area (Å²) < 4.78 is 26.1. The zero-order chi connectivity index (χ0) is 14.5. The summed E-state index contributed by atoms with van der Waals surface area (Å²) in [6.07, 6.45) is 0. The monoisotopic (exact) mass is 292 g/mol. The Morgan fingerprint density at radius 1 is 1.10 bits per heavy atom. The van der Waals surface area contributed by atoms with Gasteiger partial charge in [-0.3, -0.25) is 0 Å². The number of nitrogens with zero attached hydrogens (tertiary/aromatic N) is 1. The van der Waals surface area contributed by atoms with E-state index in [0.717, 1.165) is 5.56 Å². The van der Waals surface area contributed by atoms with Crippen molar-refractivity contribution in [1.29, 1.82) is 5.26 Å². The molecule has 2 aromatic rings. The number of hydrogen-bond acceptors (Lipinski definition) is 2. The molecule has 1 N–H and O–H groups in total. The Bertz CT molecular complexity index is 665. The van der Waals surface area contributed by atoms with Gasteiger partial charge >= 0.3 is 0 Å². The Labute approximate surface area is 120 Å². The lowest BCUT2D eigenvalue weighted by atomic mass is 10.1. The topological polar surface area (TPSA) is 35.8 Å². The van der Waals surface area contributed by atoms with Crippen molar-refractivity contribution in [2.75, 3.05) is 0 Å². The highest BCUT2D eigenvalue weighted by atomic mass is 35.5. The molecular weight excluding hydrogens is 282 g/mol. The fourth-order valence-corrected chi connectivity index (χ4v) is 2.01. The van der Waals surface area contributed by atoms with E-state index >= 15 is 0 Å². The molecule has 20 heavy (non-hydrogen) atoms. The lowest BCUT2D eigenvalue weighted by molar-refractivity contribution is 0.617.